The number of carbonyl (C=O) groups excluding carboxylic acids is 1. The Balaban J connectivity index is 1.71. The van der Waals surface area contributed by atoms with Gasteiger partial charge in [0.25, 0.3) is 0 Å². The molecule has 1 aliphatic heterocycles. The third-order valence-corrected chi connectivity index (χ3v) is 5.56. The maximum atomic E-state index is 12.8. The van der Waals surface area contributed by atoms with E-state index in [1.807, 2.05) is 36.1 Å². The number of methoxy groups -OCH3 is 1. The number of likely N-dealkylation sites (N-methyl/N-ethyl adjacent to an activating group) is 1. The lowest BCUT2D eigenvalue weighted by atomic mass is 9.99. The molecule has 1 saturated heterocycles. The minimum Gasteiger partial charge on any atom is -0.496 e. The smallest absolute Gasteiger partial charge is 0.246 e. The Hall–Kier alpha value is -3.05. The van der Waals surface area contributed by atoms with Gasteiger partial charge in [-0.15, -0.1) is 0 Å². The monoisotopic (exact) mass is 390 g/mol. The summed E-state index contributed by atoms with van der Waals surface area (Å²) in [6.07, 6.45) is 3.49. The molecule has 0 N–H and O–H groups in total. The van der Waals surface area contributed by atoms with Crippen molar-refractivity contribution in [3.8, 4) is 16.9 Å². The number of carbonyl (C=O) groups is 1. The molecule has 2 aromatic carbocycles. The average Bonchev–Trinajstić information content (AvgIpc) is 3.16. The van der Waals surface area contributed by atoms with E-state index < -0.39 is 0 Å². The topological polar surface area (TPSA) is 45.9 Å². The number of furan rings is 1. The predicted octanol–water partition coefficient (Wildman–Crippen LogP) is 4.29. The number of hydrogen-bond donors (Lipinski definition) is 0. The molecule has 1 aliphatic rings. The summed E-state index contributed by atoms with van der Waals surface area (Å²) in [4.78, 5) is 16.9. The summed E-state index contributed by atoms with van der Waals surface area (Å²) in [6, 6.07) is 14.1. The zero-order valence-corrected chi connectivity index (χ0v) is 17.1. The summed E-state index contributed by atoms with van der Waals surface area (Å²) in [6.45, 7) is 5.29. The van der Waals surface area contributed by atoms with Crippen molar-refractivity contribution in [3.63, 3.8) is 0 Å². The number of amides is 1. The fraction of sp³-hybridized carbons (Fsp3) is 0.292. The van der Waals surface area contributed by atoms with E-state index in [0.717, 1.165) is 59.4 Å². The van der Waals surface area contributed by atoms with Crippen molar-refractivity contribution in [1.82, 2.24) is 9.80 Å². The molecule has 29 heavy (non-hydrogen) atoms. The Labute approximate surface area is 171 Å². The molecular formula is C24H26N2O3. The molecule has 0 atom stereocenters. The average molecular weight is 390 g/mol. The van der Waals surface area contributed by atoms with Gasteiger partial charge in [-0.3, -0.25) is 4.79 Å². The number of benzene rings is 2. The molecule has 150 valence electrons. The quantitative estimate of drug-likeness (QED) is 0.624. The molecule has 5 heteroatoms. The second-order valence-electron chi connectivity index (χ2n) is 7.52. The second kappa shape index (κ2) is 8.13. The zero-order chi connectivity index (χ0) is 20.4. The fourth-order valence-corrected chi connectivity index (χ4v) is 3.75. The van der Waals surface area contributed by atoms with Crippen molar-refractivity contribution >= 4 is 22.4 Å². The molecule has 3 aromatic rings. The predicted molar refractivity (Wildman–Crippen MR) is 116 cm³/mol. The van der Waals surface area contributed by atoms with Crippen LogP contribution in [0.2, 0.25) is 0 Å². The van der Waals surface area contributed by atoms with Crippen LogP contribution in [-0.4, -0.2) is 56.0 Å². The molecule has 0 saturated carbocycles. The van der Waals surface area contributed by atoms with E-state index in [-0.39, 0.29) is 5.91 Å². The Morgan fingerprint density at radius 1 is 1.10 bits per heavy atom. The second-order valence-corrected chi connectivity index (χ2v) is 7.52. The molecule has 1 aromatic heterocycles. The van der Waals surface area contributed by atoms with Crippen molar-refractivity contribution in [3.05, 3.63) is 60.4 Å². The highest BCUT2D eigenvalue weighted by molar-refractivity contribution is 6.00. The first-order valence-corrected chi connectivity index (χ1v) is 9.87. The van der Waals surface area contributed by atoms with Crippen LogP contribution in [0.1, 0.15) is 12.5 Å². The van der Waals surface area contributed by atoms with Gasteiger partial charge in [-0.2, -0.15) is 0 Å². The van der Waals surface area contributed by atoms with Crippen LogP contribution in [0.3, 0.4) is 0 Å². The fourth-order valence-electron chi connectivity index (χ4n) is 3.75. The summed E-state index contributed by atoms with van der Waals surface area (Å²) < 4.78 is 11.4. The van der Waals surface area contributed by atoms with Gasteiger partial charge in [0, 0.05) is 54.8 Å². The largest absolute Gasteiger partial charge is 0.496 e. The Kier molecular flexibility index (Phi) is 5.41. The zero-order valence-electron chi connectivity index (χ0n) is 17.1. The summed E-state index contributed by atoms with van der Waals surface area (Å²) in [5.41, 5.74) is 4.68. The van der Waals surface area contributed by atoms with Crippen molar-refractivity contribution in [2.75, 3.05) is 40.3 Å². The molecule has 2 heterocycles. The van der Waals surface area contributed by atoms with Gasteiger partial charge in [0.1, 0.15) is 11.3 Å². The third kappa shape index (κ3) is 3.91. The molecular weight excluding hydrogens is 364 g/mol. The van der Waals surface area contributed by atoms with E-state index in [1.54, 1.807) is 19.4 Å². The van der Waals surface area contributed by atoms with Crippen LogP contribution in [0.15, 0.2) is 59.2 Å². The van der Waals surface area contributed by atoms with E-state index in [4.69, 9.17) is 9.15 Å². The molecule has 1 amide bonds. The van der Waals surface area contributed by atoms with Crippen molar-refractivity contribution in [1.29, 1.82) is 0 Å². The van der Waals surface area contributed by atoms with E-state index in [1.165, 1.54) is 0 Å². The number of ether oxygens (including phenoxy) is 1. The summed E-state index contributed by atoms with van der Waals surface area (Å²) in [7, 11) is 3.72. The number of nitrogens with zero attached hydrogens (tertiary/aromatic N) is 2. The Morgan fingerprint density at radius 2 is 1.83 bits per heavy atom. The number of allylic oxidation sites excluding steroid dienone is 1. The van der Waals surface area contributed by atoms with Crippen molar-refractivity contribution in [2.24, 2.45) is 0 Å². The van der Waals surface area contributed by atoms with Crippen LogP contribution in [0.25, 0.3) is 27.7 Å². The molecule has 0 radical (unpaired) electrons. The number of fused-ring (bicyclic) bond motifs is 1. The molecule has 1 fully saturated rings. The van der Waals surface area contributed by atoms with Crippen molar-refractivity contribution in [2.45, 2.75) is 6.92 Å². The lowest BCUT2D eigenvalue weighted by Gasteiger charge is -2.31. The van der Waals surface area contributed by atoms with Gasteiger partial charge in [-0.1, -0.05) is 30.3 Å². The van der Waals surface area contributed by atoms with Gasteiger partial charge in [-0.25, -0.2) is 0 Å². The first-order chi connectivity index (χ1) is 14.1. The first kappa shape index (κ1) is 19.3. The van der Waals surface area contributed by atoms with E-state index in [9.17, 15) is 4.79 Å². The highest BCUT2D eigenvalue weighted by Gasteiger charge is 2.19. The maximum absolute atomic E-state index is 12.8. The van der Waals surface area contributed by atoms with Crippen LogP contribution in [0, 0.1) is 0 Å². The lowest BCUT2D eigenvalue weighted by Crippen LogP contribution is -2.46. The van der Waals surface area contributed by atoms with Crippen molar-refractivity contribution < 1.29 is 13.9 Å². The summed E-state index contributed by atoms with van der Waals surface area (Å²) in [5.74, 6) is 0.750. The number of hydrogen-bond acceptors (Lipinski definition) is 4. The van der Waals surface area contributed by atoms with Gasteiger partial charge in [0.2, 0.25) is 5.91 Å². The number of rotatable bonds is 4. The molecule has 0 aliphatic carbocycles. The van der Waals surface area contributed by atoms with Gasteiger partial charge >= 0.3 is 0 Å². The molecule has 4 rings (SSSR count). The molecule has 0 bridgehead atoms. The van der Waals surface area contributed by atoms with Crippen LogP contribution >= 0.6 is 0 Å². The van der Waals surface area contributed by atoms with E-state index >= 15 is 0 Å². The van der Waals surface area contributed by atoms with E-state index in [0.29, 0.717) is 5.75 Å². The van der Waals surface area contributed by atoms with E-state index in [2.05, 4.69) is 30.1 Å². The minimum atomic E-state index is 0.0493. The van der Waals surface area contributed by atoms with Gasteiger partial charge in [-0.05, 0) is 31.2 Å². The Bertz CT molecular complexity index is 1040. The number of piperazine rings is 1. The molecule has 0 unspecified atom stereocenters. The lowest BCUT2D eigenvalue weighted by molar-refractivity contribution is -0.127. The Morgan fingerprint density at radius 3 is 2.52 bits per heavy atom. The standard InChI is InChI=1S/C24H26N2O3/c1-17(13-24(27)26-11-9-25(2)10-12-26)19-14-20-21(18-7-5-4-6-8-18)16-29-23(20)15-22(19)28-3/h4-8,13-16H,9-12H2,1-3H3/b17-13+. The molecule has 0 spiro atoms. The van der Waals surface area contributed by atoms with Crippen LogP contribution in [-0.2, 0) is 4.79 Å². The molecule has 5 nitrogen and oxygen atoms in total. The van der Waals surface area contributed by atoms with Gasteiger partial charge < -0.3 is 19.0 Å². The minimum absolute atomic E-state index is 0.0493. The maximum Gasteiger partial charge on any atom is 0.246 e. The summed E-state index contributed by atoms with van der Waals surface area (Å²) in [5, 5.41) is 1.01. The highest BCUT2D eigenvalue weighted by Crippen LogP contribution is 2.37. The summed E-state index contributed by atoms with van der Waals surface area (Å²) >= 11 is 0. The SMILES string of the molecule is COc1cc2occ(-c3ccccc3)c2cc1/C(C)=C/C(=O)N1CCN(C)CC1. The van der Waals surface area contributed by atoms with Gasteiger partial charge in [0.05, 0.1) is 13.4 Å². The highest BCUT2D eigenvalue weighted by atomic mass is 16.5. The normalized spacial score (nSPS) is 15.7. The van der Waals surface area contributed by atoms with Crippen LogP contribution in [0.5, 0.6) is 5.75 Å². The van der Waals surface area contributed by atoms with Crippen LogP contribution in [0.4, 0.5) is 0 Å². The third-order valence-electron chi connectivity index (χ3n) is 5.56. The van der Waals surface area contributed by atoms with Crippen LogP contribution < -0.4 is 4.74 Å². The van der Waals surface area contributed by atoms with Gasteiger partial charge in [0.15, 0.2) is 0 Å². The first-order valence-electron chi connectivity index (χ1n) is 9.87.